The number of fused-ring (bicyclic) bond motifs is 1. The van der Waals surface area contributed by atoms with Crippen molar-refractivity contribution in [3.05, 3.63) is 107 Å². The first kappa shape index (κ1) is 30.3. The summed E-state index contributed by atoms with van der Waals surface area (Å²) in [5.41, 5.74) is 3.88. The molecule has 4 atom stereocenters. The molecule has 224 valence electrons. The highest BCUT2D eigenvalue weighted by molar-refractivity contribution is 6.22. The number of hydrogen-bond acceptors (Lipinski definition) is 6. The zero-order valence-electron chi connectivity index (χ0n) is 24.4. The quantitative estimate of drug-likeness (QED) is 0.181. The normalized spacial score (nSPS) is 21.2. The number of amides is 2. The van der Waals surface area contributed by atoms with Crippen LogP contribution >= 0.6 is 0 Å². The first-order chi connectivity index (χ1) is 20.9. The molecule has 7 nitrogen and oxygen atoms in total. The number of aliphatic hydroxyl groups is 2. The molecule has 3 N–H and O–H groups in total. The molecule has 1 aliphatic carbocycles. The van der Waals surface area contributed by atoms with E-state index in [-0.39, 0.29) is 37.2 Å². The summed E-state index contributed by atoms with van der Waals surface area (Å²) in [5.74, 6) is -1.89. The highest BCUT2D eigenvalue weighted by Gasteiger charge is 2.55. The number of rotatable bonds is 12. The minimum Gasteiger partial charge on any atom is -0.508 e. The number of allylic oxidation sites excluding steroid dienone is 1. The Morgan fingerprint density at radius 1 is 0.977 bits per heavy atom. The van der Waals surface area contributed by atoms with Crippen LogP contribution < -0.4 is 9.64 Å². The minimum absolute atomic E-state index is 0.143. The number of aromatic hydroxyl groups is 1. The molecule has 5 rings (SSSR count). The van der Waals surface area contributed by atoms with Crippen molar-refractivity contribution in [2.24, 2.45) is 17.8 Å². The van der Waals surface area contributed by atoms with Gasteiger partial charge in [-0.25, -0.2) is 0 Å². The number of phenolic OH excluding ortho intramolecular Hbond substituents is 1. The standard InChI is InChI=1S/C36H39NO6/c1-2-10-24(19-25-11-9-14-28(39)20-25)17-18-32(40)33-26(23-43-29-15-7-4-8-16-29)21-30-34(31(33)22-38)36(42)37(35(30)41)27-12-5-3-6-13-27/h3-9,11-16,19-20,30-32,34,38-40H,2,10,17-18,21-23H2,1H3/b24-19+/t30-,31+,32-,34-/m1/s1. The molecule has 2 aliphatic rings. The molecule has 1 saturated heterocycles. The third-order valence-corrected chi connectivity index (χ3v) is 8.46. The van der Waals surface area contributed by atoms with Crippen molar-refractivity contribution in [1.29, 1.82) is 0 Å². The maximum absolute atomic E-state index is 13.8. The predicted molar refractivity (Wildman–Crippen MR) is 166 cm³/mol. The summed E-state index contributed by atoms with van der Waals surface area (Å²) in [6.07, 6.45) is 4.11. The molecule has 7 heteroatoms. The van der Waals surface area contributed by atoms with Gasteiger partial charge in [-0.2, -0.15) is 0 Å². The number of ether oxygens (including phenoxy) is 1. The van der Waals surface area contributed by atoms with Crippen LogP contribution in [0, 0.1) is 17.8 Å². The Balaban J connectivity index is 1.45. The molecule has 0 saturated carbocycles. The van der Waals surface area contributed by atoms with Gasteiger partial charge in [-0.3, -0.25) is 14.5 Å². The number of benzene rings is 3. The molecule has 0 radical (unpaired) electrons. The van der Waals surface area contributed by atoms with Crippen LogP contribution in [0.5, 0.6) is 11.5 Å². The fraction of sp³-hybridized carbons (Fsp3) is 0.333. The van der Waals surface area contributed by atoms with Gasteiger partial charge in [-0.15, -0.1) is 0 Å². The average molecular weight is 582 g/mol. The molecule has 1 heterocycles. The molecule has 0 unspecified atom stereocenters. The van der Waals surface area contributed by atoms with Gasteiger partial charge in [-0.1, -0.05) is 73.5 Å². The van der Waals surface area contributed by atoms with E-state index in [2.05, 4.69) is 6.92 Å². The summed E-state index contributed by atoms with van der Waals surface area (Å²) in [4.78, 5) is 28.7. The highest BCUT2D eigenvalue weighted by atomic mass is 16.5. The van der Waals surface area contributed by atoms with Crippen LogP contribution in [0.2, 0.25) is 0 Å². The van der Waals surface area contributed by atoms with Gasteiger partial charge in [-0.05, 0) is 78.8 Å². The van der Waals surface area contributed by atoms with Crippen LogP contribution in [0.25, 0.3) is 6.08 Å². The Labute approximate surface area is 252 Å². The van der Waals surface area contributed by atoms with Gasteiger partial charge >= 0.3 is 0 Å². The third kappa shape index (κ3) is 6.74. The second-order valence-electron chi connectivity index (χ2n) is 11.3. The van der Waals surface area contributed by atoms with Crippen LogP contribution in [-0.4, -0.2) is 46.5 Å². The van der Waals surface area contributed by atoms with Crippen LogP contribution in [0.3, 0.4) is 0 Å². The predicted octanol–water partition coefficient (Wildman–Crippen LogP) is 5.91. The van der Waals surface area contributed by atoms with Gasteiger partial charge in [0, 0.05) is 5.92 Å². The van der Waals surface area contributed by atoms with Gasteiger partial charge in [0.05, 0.1) is 30.2 Å². The Kier molecular flexibility index (Phi) is 9.75. The number of hydrogen-bond donors (Lipinski definition) is 3. The number of para-hydroxylation sites is 2. The smallest absolute Gasteiger partial charge is 0.238 e. The second kappa shape index (κ2) is 13.8. The summed E-state index contributed by atoms with van der Waals surface area (Å²) < 4.78 is 6.10. The van der Waals surface area contributed by atoms with E-state index < -0.39 is 23.9 Å². The third-order valence-electron chi connectivity index (χ3n) is 8.46. The number of nitrogens with zero attached hydrogens (tertiary/aromatic N) is 1. The maximum Gasteiger partial charge on any atom is 0.238 e. The second-order valence-corrected chi connectivity index (χ2v) is 11.3. The Morgan fingerprint density at radius 2 is 1.70 bits per heavy atom. The van der Waals surface area contributed by atoms with Crippen molar-refractivity contribution in [3.8, 4) is 11.5 Å². The minimum atomic E-state index is -0.939. The zero-order chi connectivity index (χ0) is 30.3. The van der Waals surface area contributed by atoms with Crippen molar-refractivity contribution in [2.75, 3.05) is 18.1 Å². The Hall–Kier alpha value is -4.20. The lowest BCUT2D eigenvalue weighted by atomic mass is 9.68. The molecule has 0 spiro atoms. The van der Waals surface area contributed by atoms with Crippen LogP contribution in [-0.2, 0) is 9.59 Å². The van der Waals surface area contributed by atoms with Crippen LogP contribution in [0.4, 0.5) is 5.69 Å². The van der Waals surface area contributed by atoms with E-state index in [9.17, 15) is 24.9 Å². The van der Waals surface area contributed by atoms with Gasteiger partial charge in [0.1, 0.15) is 18.1 Å². The molecule has 0 aromatic heterocycles. The van der Waals surface area contributed by atoms with E-state index in [4.69, 9.17) is 4.74 Å². The maximum atomic E-state index is 13.8. The van der Waals surface area contributed by atoms with Crippen LogP contribution in [0.1, 0.15) is 44.6 Å². The summed E-state index contributed by atoms with van der Waals surface area (Å²) in [5, 5.41) is 32.3. The number of aliphatic hydroxyl groups excluding tert-OH is 2. The summed E-state index contributed by atoms with van der Waals surface area (Å²) in [6, 6.07) is 25.3. The van der Waals surface area contributed by atoms with E-state index in [0.717, 1.165) is 29.6 Å². The fourth-order valence-corrected chi connectivity index (χ4v) is 6.53. The topological polar surface area (TPSA) is 107 Å². The number of phenols is 1. The SMILES string of the molecule is CCC/C(=C\c1cccc(O)c1)CC[C@@H](O)C1=C(COc2ccccc2)C[C@H]2C(=O)N(c3ccccc3)C(=O)[C@H]2[C@H]1CO. The lowest BCUT2D eigenvalue weighted by molar-refractivity contribution is -0.123. The highest BCUT2D eigenvalue weighted by Crippen LogP contribution is 2.47. The lowest BCUT2D eigenvalue weighted by Crippen LogP contribution is -2.40. The number of carbonyl (C=O) groups excluding carboxylic acids is 2. The first-order valence-electron chi connectivity index (χ1n) is 15.0. The van der Waals surface area contributed by atoms with Crippen molar-refractivity contribution in [1.82, 2.24) is 0 Å². The van der Waals surface area contributed by atoms with Gasteiger partial charge in [0.15, 0.2) is 0 Å². The molecular formula is C36H39NO6. The molecule has 3 aromatic rings. The molecule has 43 heavy (non-hydrogen) atoms. The van der Waals surface area contributed by atoms with Gasteiger partial charge in [0.2, 0.25) is 11.8 Å². The van der Waals surface area contributed by atoms with Crippen molar-refractivity contribution >= 4 is 23.6 Å². The van der Waals surface area contributed by atoms with Gasteiger partial charge < -0.3 is 20.1 Å². The number of imide groups is 1. The van der Waals surface area contributed by atoms with E-state index >= 15 is 0 Å². The molecule has 1 fully saturated rings. The lowest BCUT2D eigenvalue weighted by Gasteiger charge is -2.36. The molecule has 3 aromatic carbocycles. The molecular weight excluding hydrogens is 542 g/mol. The van der Waals surface area contributed by atoms with Crippen molar-refractivity contribution < 1.29 is 29.6 Å². The fourth-order valence-electron chi connectivity index (χ4n) is 6.53. The van der Waals surface area contributed by atoms with E-state index in [1.807, 2.05) is 48.5 Å². The average Bonchev–Trinajstić information content (AvgIpc) is 3.27. The number of carbonyl (C=O) groups is 2. The van der Waals surface area contributed by atoms with Crippen molar-refractivity contribution in [3.63, 3.8) is 0 Å². The zero-order valence-corrected chi connectivity index (χ0v) is 24.4. The first-order valence-corrected chi connectivity index (χ1v) is 15.0. The van der Waals surface area contributed by atoms with Crippen molar-refractivity contribution in [2.45, 2.75) is 45.1 Å². The van der Waals surface area contributed by atoms with Crippen LogP contribution in [0.15, 0.2) is 102 Å². The monoisotopic (exact) mass is 581 g/mol. The number of anilines is 1. The Morgan fingerprint density at radius 3 is 2.37 bits per heavy atom. The molecule has 1 aliphatic heterocycles. The summed E-state index contributed by atoms with van der Waals surface area (Å²) >= 11 is 0. The van der Waals surface area contributed by atoms with E-state index in [0.29, 0.717) is 29.9 Å². The largest absolute Gasteiger partial charge is 0.508 e. The Bertz CT molecular complexity index is 1480. The summed E-state index contributed by atoms with van der Waals surface area (Å²) in [6.45, 7) is 1.87. The van der Waals surface area contributed by atoms with Gasteiger partial charge in [0.25, 0.3) is 0 Å². The molecule has 2 amide bonds. The van der Waals surface area contributed by atoms with E-state index in [1.165, 1.54) is 4.90 Å². The molecule has 0 bridgehead atoms. The van der Waals surface area contributed by atoms with E-state index in [1.54, 1.807) is 42.5 Å². The summed E-state index contributed by atoms with van der Waals surface area (Å²) in [7, 11) is 0.